The molecule has 1 aromatic carbocycles. The summed E-state index contributed by atoms with van der Waals surface area (Å²) in [5.41, 5.74) is 13.6. The van der Waals surface area contributed by atoms with Gasteiger partial charge in [0.15, 0.2) is 0 Å². The Morgan fingerprint density at radius 2 is 2.10 bits per heavy atom. The highest BCUT2D eigenvalue weighted by atomic mass is 16.1. The summed E-state index contributed by atoms with van der Waals surface area (Å²) >= 11 is 0. The number of aryl methyl sites for hydroxylation is 1. The maximum Gasteiger partial charge on any atom is 0.231 e. The van der Waals surface area contributed by atoms with Crippen molar-refractivity contribution < 1.29 is 4.79 Å². The molecule has 106 valence electrons. The minimum Gasteiger partial charge on any atom is -0.398 e. The van der Waals surface area contributed by atoms with Gasteiger partial charge in [0.05, 0.1) is 12.2 Å². The highest BCUT2D eigenvalue weighted by molar-refractivity contribution is 5.75. The number of rotatable bonds is 6. The van der Waals surface area contributed by atoms with Crippen molar-refractivity contribution in [1.29, 1.82) is 0 Å². The molecule has 0 aliphatic carbocycles. The van der Waals surface area contributed by atoms with E-state index in [-0.39, 0.29) is 12.5 Å². The van der Waals surface area contributed by atoms with Gasteiger partial charge in [-0.15, -0.1) is 5.10 Å². The fourth-order valence-corrected chi connectivity index (χ4v) is 2.00. The average molecular weight is 274 g/mol. The van der Waals surface area contributed by atoms with Gasteiger partial charge in [-0.3, -0.25) is 14.4 Å². The minimum atomic E-state index is -0.386. The molecule has 0 aliphatic rings. The van der Waals surface area contributed by atoms with Crippen LogP contribution in [-0.4, -0.2) is 32.3 Å². The van der Waals surface area contributed by atoms with Gasteiger partial charge in [-0.1, -0.05) is 23.4 Å². The normalized spacial score (nSPS) is 10.9. The third-order valence-corrected chi connectivity index (χ3v) is 2.86. The van der Waals surface area contributed by atoms with Crippen LogP contribution in [0.15, 0.2) is 30.5 Å². The molecule has 0 radical (unpaired) electrons. The number of nitrogens with zero attached hydrogens (tertiary/aromatic N) is 4. The van der Waals surface area contributed by atoms with E-state index in [0.29, 0.717) is 18.8 Å². The van der Waals surface area contributed by atoms with Crippen LogP contribution < -0.4 is 11.5 Å². The van der Waals surface area contributed by atoms with Crippen molar-refractivity contribution >= 4 is 11.6 Å². The maximum atomic E-state index is 11.2. The van der Waals surface area contributed by atoms with Crippen molar-refractivity contribution in [3.8, 4) is 0 Å². The molecule has 2 aromatic rings. The number of para-hydroxylation sites is 1. The van der Waals surface area contributed by atoms with Gasteiger partial charge in [0.1, 0.15) is 0 Å². The van der Waals surface area contributed by atoms with Gasteiger partial charge in [-0.05, 0) is 11.6 Å². The second-order valence-electron chi connectivity index (χ2n) is 4.69. The highest BCUT2D eigenvalue weighted by Crippen LogP contribution is 2.14. The van der Waals surface area contributed by atoms with Crippen LogP contribution in [0.5, 0.6) is 0 Å². The van der Waals surface area contributed by atoms with E-state index in [4.69, 9.17) is 11.5 Å². The summed E-state index contributed by atoms with van der Waals surface area (Å²) in [4.78, 5) is 13.1. The van der Waals surface area contributed by atoms with Gasteiger partial charge >= 0.3 is 0 Å². The van der Waals surface area contributed by atoms with Crippen LogP contribution in [0.2, 0.25) is 0 Å². The lowest BCUT2D eigenvalue weighted by Gasteiger charge is -2.20. The predicted octanol–water partition coefficient (Wildman–Crippen LogP) is -0.115. The molecule has 0 unspecified atom stereocenters. The summed E-state index contributed by atoms with van der Waals surface area (Å²) in [6, 6.07) is 7.55. The molecule has 20 heavy (non-hydrogen) atoms. The van der Waals surface area contributed by atoms with Gasteiger partial charge in [-0.25, -0.2) is 0 Å². The number of benzene rings is 1. The quantitative estimate of drug-likeness (QED) is 0.715. The van der Waals surface area contributed by atoms with E-state index in [1.807, 2.05) is 35.4 Å². The zero-order valence-corrected chi connectivity index (χ0v) is 11.4. The summed E-state index contributed by atoms with van der Waals surface area (Å²) in [7, 11) is 1.80. The van der Waals surface area contributed by atoms with Crippen molar-refractivity contribution in [1.82, 2.24) is 19.9 Å². The molecule has 0 spiro atoms. The summed E-state index contributed by atoms with van der Waals surface area (Å²) < 4.78 is 1.62. The Kier molecular flexibility index (Phi) is 4.31. The molecule has 0 saturated carbocycles. The SMILES string of the molecule is Cn1cc(CN(CC(N)=O)Cc2ccccc2N)nn1. The number of primary amides is 1. The zero-order chi connectivity index (χ0) is 14.5. The molecule has 7 heteroatoms. The first-order chi connectivity index (χ1) is 9.54. The predicted molar refractivity (Wildman–Crippen MR) is 75.2 cm³/mol. The molecular weight excluding hydrogens is 256 g/mol. The number of hydrogen-bond donors (Lipinski definition) is 2. The fraction of sp³-hybridized carbons (Fsp3) is 0.308. The monoisotopic (exact) mass is 274 g/mol. The van der Waals surface area contributed by atoms with Gasteiger partial charge < -0.3 is 11.5 Å². The third kappa shape index (κ3) is 3.79. The number of hydrogen-bond acceptors (Lipinski definition) is 5. The number of nitrogens with two attached hydrogens (primary N) is 2. The third-order valence-electron chi connectivity index (χ3n) is 2.86. The highest BCUT2D eigenvalue weighted by Gasteiger charge is 2.13. The van der Waals surface area contributed by atoms with Crippen LogP contribution in [0.25, 0.3) is 0 Å². The van der Waals surface area contributed by atoms with Gasteiger partial charge in [0, 0.05) is 32.0 Å². The molecule has 2 rings (SSSR count). The van der Waals surface area contributed by atoms with Crippen molar-refractivity contribution in [2.75, 3.05) is 12.3 Å². The van der Waals surface area contributed by atoms with Crippen LogP contribution in [0.3, 0.4) is 0 Å². The lowest BCUT2D eigenvalue weighted by molar-refractivity contribution is -0.119. The zero-order valence-electron chi connectivity index (χ0n) is 11.4. The van der Waals surface area contributed by atoms with Gasteiger partial charge in [0.2, 0.25) is 5.91 Å². The van der Waals surface area contributed by atoms with Crippen molar-refractivity contribution in [3.05, 3.63) is 41.7 Å². The summed E-state index contributed by atoms with van der Waals surface area (Å²) in [5, 5.41) is 7.89. The summed E-state index contributed by atoms with van der Waals surface area (Å²) in [5.74, 6) is -0.386. The lowest BCUT2D eigenvalue weighted by atomic mass is 10.1. The topological polar surface area (TPSA) is 103 Å². The molecule has 0 saturated heterocycles. The second kappa shape index (κ2) is 6.16. The van der Waals surface area contributed by atoms with E-state index in [9.17, 15) is 4.79 Å². The Morgan fingerprint density at radius 1 is 1.35 bits per heavy atom. The summed E-state index contributed by atoms with van der Waals surface area (Å²) in [6.07, 6.45) is 1.81. The maximum absolute atomic E-state index is 11.2. The molecule has 7 nitrogen and oxygen atoms in total. The Bertz CT molecular complexity index is 594. The number of carbonyl (C=O) groups excluding carboxylic acids is 1. The van der Waals surface area contributed by atoms with Crippen molar-refractivity contribution in [2.24, 2.45) is 12.8 Å². The van der Waals surface area contributed by atoms with Crippen molar-refractivity contribution in [2.45, 2.75) is 13.1 Å². The standard InChI is InChI=1S/C13H18N6O/c1-18-7-11(16-17-18)8-19(9-13(15)20)6-10-4-2-3-5-12(10)14/h2-5,7H,6,8-9,14H2,1H3,(H2,15,20). The minimum absolute atomic E-state index is 0.144. The van der Waals surface area contributed by atoms with E-state index in [2.05, 4.69) is 10.3 Å². The average Bonchev–Trinajstić information content (AvgIpc) is 2.77. The van der Waals surface area contributed by atoms with E-state index in [0.717, 1.165) is 11.3 Å². The first-order valence-corrected chi connectivity index (χ1v) is 6.24. The largest absolute Gasteiger partial charge is 0.398 e. The van der Waals surface area contributed by atoms with E-state index in [1.165, 1.54) is 0 Å². The molecular formula is C13H18N6O. The number of amides is 1. The second-order valence-corrected chi connectivity index (χ2v) is 4.69. The van der Waals surface area contributed by atoms with Crippen LogP contribution in [-0.2, 0) is 24.9 Å². The molecule has 0 aliphatic heterocycles. The Labute approximate surface area is 117 Å². The molecule has 0 bridgehead atoms. The number of nitrogen functional groups attached to an aromatic ring is 1. The first kappa shape index (κ1) is 14.0. The first-order valence-electron chi connectivity index (χ1n) is 6.24. The summed E-state index contributed by atoms with van der Waals surface area (Å²) in [6.45, 7) is 1.17. The van der Waals surface area contributed by atoms with Crippen LogP contribution in [0.4, 0.5) is 5.69 Å². The molecule has 0 atom stereocenters. The molecule has 1 heterocycles. The molecule has 0 fully saturated rings. The van der Waals surface area contributed by atoms with Gasteiger partial charge in [0.25, 0.3) is 0 Å². The fourth-order valence-electron chi connectivity index (χ4n) is 2.00. The van der Waals surface area contributed by atoms with E-state index in [1.54, 1.807) is 11.7 Å². The van der Waals surface area contributed by atoms with Crippen LogP contribution in [0, 0.1) is 0 Å². The number of carbonyl (C=O) groups is 1. The molecule has 4 N–H and O–H groups in total. The molecule has 1 amide bonds. The van der Waals surface area contributed by atoms with E-state index >= 15 is 0 Å². The Hall–Kier alpha value is -2.41. The van der Waals surface area contributed by atoms with E-state index < -0.39 is 0 Å². The van der Waals surface area contributed by atoms with Crippen LogP contribution >= 0.6 is 0 Å². The number of anilines is 1. The lowest BCUT2D eigenvalue weighted by Crippen LogP contribution is -2.33. The molecule has 1 aromatic heterocycles. The Morgan fingerprint density at radius 3 is 2.70 bits per heavy atom. The Balaban J connectivity index is 2.11. The van der Waals surface area contributed by atoms with Crippen LogP contribution in [0.1, 0.15) is 11.3 Å². The number of aromatic nitrogens is 3. The smallest absolute Gasteiger partial charge is 0.231 e. The van der Waals surface area contributed by atoms with Crippen molar-refractivity contribution in [3.63, 3.8) is 0 Å². The van der Waals surface area contributed by atoms with Gasteiger partial charge in [-0.2, -0.15) is 0 Å².